The smallest absolute Gasteiger partial charge is 0.306 e. The Bertz CT molecular complexity index is 264. The van der Waals surface area contributed by atoms with Crippen molar-refractivity contribution in [2.75, 3.05) is 6.61 Å². The molecule has 3 heteroatoms. The van der Waals surface area contributed by atoms with Crippen molar-refractivity contribution in [3.8, 4) is 0 Å². The number of ether oxygens (including phenoxy) is 1. The molecule has 0 N–H and O–H groups in total. The van der Waals surface area contributed by atoms with Crippen molar-refractivity contribution in [3.05, 3.63) is 0 Å². The molecule has 2 bridgehead atoms. The average molecular weight is 198 g/mol. The van der Waals surface area contributed by atoms with Crippen LogP contribution < -0.4 is 0 Å². The first-order valence-corrected chi connectivity index (χ1v) is 5.55. The number of carbonyl (C=O) groups excluding carboxylic acids is 1. The van der Waals surface area contributed by atoms with Gasteiger partial charge >= 0.3 is 5.97 Å². The molecule has 0 aromatic carbocycles. The van der Waals surface area contributed by atoms with Gasteiger partial charge in [-0.05, 0) is 31.1 Å². The zero-order valence-corrected chi connectivity index (χ0v) is 8.43. The number of rotatable bonds is 0. The van der Waals surface area contributed by atoms with E-state index in [1.54, 1.807) is 0 Å². The van der Waals surface area contributed by atoms with Crippen LogP contribution in [0.15, 0.2) is 0 Å². The van der Waals surface area contributed by atoms with Gasteiger partial charge < -0.3 is 4.74 Å². The zero-order valence-electron chi connectivity index (χ0n) is 7.53. The monoisotopic (exact) mass is 198 g/mol. The van der Waals surface area contributed by atoms with Crippen LogP contribution >= 0.6 is 12.6 Å². The van der Waals surface area contributed by atoms with Gasteiger partial charge in [0, 0.05) is 10.7 Å². The normalized spacial score (nSPS) is 53.3. The van der Waals surface area contributed by atoms with Gasteiger partial charge in [-0.2, -0.15) is 12.6 Å². The summed E-state index contributed by atoms with van der Waals surface area (Å²) < 4.78 is 5.11. The molecule has 4 atom stereocenters. The van der Waals surface area contributed by atoms with Crippen LogP contribution in [0.5, 0.6) is 0 Å². The summed E-state index contributed by atoms with van der Waals surface area (Å²) in [7, 11) is 0. The minimum Gasteiger partial charge on any atom is -0.465 e. The van der Waals surface area contributed by atoms with E-state index in [9.17, 15) is 4.79 Å². The van der Waals surface area contributed by atoms with Crippen molar-refractivity contribution in [3.63, 3.8) is 0 Å². The molecule has 3 fully saturated rings. The molecule has 2 aliphatic carbocycles. The molecule has 13 heavy (non-hydrogen) atoms. The quantitative estimate of drug-likeness (QED) is 0.473. The number of hydrogen-bond acceptors (Lipinski definition) is 3. The summed E-state index contributed by atoms with van der Waals surface area (Å²) >= 11 is 4.57. The molecule has 1 aliphatic heterocycles. The average Bonchev–Trinajstić information content (AvgIpc) is 2.68. The molecule has 2 nitrogen and oxygen atoms in total. The lowest BCUT2D eigenvalue weighted by Crippen LogP contribution is -2.31. The van der Waals surface area contributed by atoms with Gasteiger partial charge in [0.25, 0.3) is 0 Å². The van der Waals surface area contributed by atoms with Gasteiger partial charge in [0.05, 0.1) is 13.0 Å². The highest BCUT2D eigenvalue weighted by atomic mass is 32.1. The summed E-state index contributed by atoms with van der Waals surface area (Å²) in [6.45, 7) is 0.688. The lowest BCUT2D eigenvalue weighted by molar-refractivity contribution is -0.137. The SMILES string of the molecule is O=C1CC2(CO1)CC1CC2CC1S. The number of cyclic esters (lactones) is 1. The summed E-state index contributed by atoms with van der Waals surface area (Å²) in [5, 5.41) is 0.589. The van der Waals surface area contributed by atoms with Crippen molar-refractivity contribution in [1.29, 1.82) is 0 Å². The highest BCUT2D eigenvalue weighted by molar-refractivity contribution is 7.81. The van der Waals surface area contributed by atoms with E-state index in [0.29, 0.717) is 24.2 Å². The predicted octanol–water partition coefficient (Wildman–Crippen LogP) is 1.65. The number of esters is 1. The fourth-order valence-corrected chi connectivity index (χ4v) is 4.00. The van der Waals surface area contributed by atoms with E-state index in [1.165, 1.54) is 19.3 Å². The largest absolute Gasteiger partial charge is 0.465 e. The van der Waals surface area contributed by atoms with Crippen molar-refractivity contribution in [1.82, 2.24) is 0 Å². The van der Waals surface area contributed by atoms with E-state index < -0.39 is 0 Å². The molecule has 0 aromatic heterocycles. The van der Waals surface area contributed by atoms with E-state index in [2.05, 4.69) is 12.6 Å². The highest BCUT2D eigenvalue weighted by Crippen LogP contribution is 2.60. The van der Waals surface area contributed by atoms with Gasteiger partial charge in [0.15, 0.2) is 0 Å². The molecule has 1 saturated heterocycles. The molecule has 3 rings (SSSR count). The Balaban J connectivity index is 1.85. The Labute approximate surface area is 83.4 Å². The Hall–Kier alpha value is -0.180. The van der Waals surface area contributed by atoms with E-state index >= 15 is 0 Å². The molecule has 3 aliphatic rings. The first-order valence-electron chi connectivity index (χ1n) is 5.03. The first kappa shape index (κ1) is 8.16. The Kier molecular flexibility index (Phi) is 1.53. The fourth-order valence-electron chi connectivity index (χ4n) is 3.52. The molecule has 4 unspecified atom stereocenters. The lowest BCUT2D eigenvalue weighted by Gasteiger charge is -2.32. The second-order valence-corrected chi connectivity index (χ2v) is 5.56. The van der Waals surface area contributed by atoms with E-state index in [1.807, 2.05) is 0 Å². The van der Waals surface area contributed by atoms with Gasteiger partial charge in [-0.25, -0.2) is 0 Å². The minimum absolute atomic E-state index is 0.0169. The van der Waals surface area contributed by atoms with Crippen LogP contribution in [0.3, 0.4) is 0 Å². The van der Waals surface area contributed by atoms with E-state index in [4.69, 9.17) is 4.74 Å². The van der Waals surface area contributed by atoms with Crippen LogP contribution in [-0.4, -0.2) is 17.8 Å². The molecule has 0 amide bonds. The molecule has 0 aromatic rings. The topological polar surface area (TPSA) is 26.3 Å². The third-order valence-corrected chi connectivity index (χ3v) is 4.84. The van der Waals surface area contributed by atoms with Crippen LogP contribution in [0.2, 0.25) is 0 Å². The number of carbonyl (C=O) groups is 1. The Morgan fingerprint density at radius 1 is 1.46 bits per heavy atom. The van der Waals surface area contributed by atoms with Crippen LogP contribution in [-0.2, 0) is 9.53 Å². The number of fused-ring (bicyclic) bond motifs is 3. The maximum Gasteiger partial charge on any atom is 0.306 e. The van der Waals surface area contributed by atoms with Crippen LogP contribution in [0.4, 0.5) is 0 Å². The molecule has 1 heterocycles. The van der Waals surface area contributed by atoms with Crippen molar-refractivity contribution in [2.24, 2.45) is 17.3 Å². The van der Waals surface area contributed by atoms with E-state index in [-0.39, 0.29) is 11.4 Å². The van der Waals surface area contributed by atoms with Gasteiger partial charge in [-0.1, -0.05) is 0 Å². The maximum atomic E-state index is 11.1. The zero-order chi connectivity index (χ0) is 9.05. The molecule has 2 saturated carbocycles. The summed E-state index contributed by atoms with van der Waals surface area (Å²) in [5.41, 5.74) is 0.237. The Morgan fingerprint density at radius 2 is 2.31 bits per heavy atom. The molecular weight excluding hydrogens is 184 g/mol. The summed E-state index contributed by atoms with van der Waals surface area (Å²) in [6, 6.07) is 0. The van der Waals surface area contributed by atoms with Crippen molar-refractivity contribution >= 4 is 18.6 Å². The molecular formula is C10H14O2S. The van der Waals surface area contributed by atoms with Gasteiger partial charge in [0.1, 0.15) is 0 Å². The second-order valence-electron chi connectivity index (χ2n) is 4.90. The van der Waals surface area contributed by atoms with Crippen molar-refractivity contribution in [2.45, 2.75) is 30.9 Å². The summed E-state index contributed by atoms with van der Waals surface area (Å²) in [4.78, 5) is 11.1. The lowest BCUT2D eigenvalue weighted by atomic mass is 9.72. The molecule has 0 radical (unpaired) electrons. The Morgan fingerprint density at radius 3 is 2.77 bits per heavy atom. The van der Waals surface area contributed by atoms with Crippen molar-refractivity contribution < 1.29 is 9.53 Å². The second kappa shape index (κ2) is 2.44. The standard InChI is InChI=1S/C10H14O2S/c11-9-4-10(5-12-9)3-6-1-7(10)2-8(6)13/h6-8,13H,1-5H2. The van der Waals surface area contributed by atoms with Gasteiger partial charge in [-0.3, -0.25) is 4.79 Å². The van der Waals surface area contributed by atoms with Crippen LogP contribution in [0.25, 0.3) is 0 Å². The van der Waals surface area contributed by atoms with Crippen LogP contribution in [0.1, 0.15) is 25.7 Å². The van der Waals surface area contributed by atoms with Gasteiger partial charge in [0.2, 0.25) is 0 Å². The molecule has 1 spiro atoms. The van der Waals surface area contributed by atoms with Gasteiger partial charge in [-0.15, -0.1) is 0 Å². The predicted molar refractivity (Wildman–Crippen MR) is 51.6 cm³/mol. The molecule has 72 valence electrons. The third-order valence-electron chi connectivity index (χ3n) is 4.21. The number of hydrogen-bond donors (Lipinski definition) is 1. The number of thiol groups is 1. The van der Waals surface area contributed by atoms with E-state index in [0.717, 1.165) is 5.92 Å². The summed E-state index contributed by atoms with van der Waals surface area (Å²) in [6.07, 6.45) is 4.33. The minimum atomic E-state index is 0.0169. The fraction of sp³-hybridized carbons (Fsp3) is 0.900. The highest BCUT2D eigenvalue weighted by Gasteiger charge is 2.57. The third kappa shape index (κ3) is 0.997. The maximum absolute atomic E-state index is 11.1. The summed E-state index contributed by atoms with van der Waals surface area (Å²) in [5.74, 6) is 1.48. The first-order chi connectivity index (χ1) is 6.20. The van der Waals surface area contributed by atoms with Crippen LogP contribution in [0, 0.1) is 17.3 Å².